The zero-order chi connectivity index (χ0) is 12.5. The lowest BCUT2D eigenvalue weighted by molar-refractivity contribution is 0.0702. The maximum absolute atomic E-state index is 12.0. The number of hydrogen-bond donors (Lipinski definition) is 1. The Balaban J connectivity index is 2.11. The van der Waals surface area contributed by atoms with Gasteiger partial charge in [-0.15, -0.1) is 11.3 Å². The van der Waals surface area contributed by atoms with E-state index in [-0.39, 0.29) is 15.9 Å². The van der Waals surface area contributed by atoms with E-state index in [0.717, 1.165) is 37.0 Å². The molecule has 0 spiro atoms. The number of sulfone groups is 1. The molecule has 1 aliphatic carbocycles. The second kappa shape index (κ2) is 4.78. The minimum Gasteiger partial charge on any atom is -0.477 e. The topological polar surface area (TPSA) is 71.4 Å². The highest BCUT2D eigenvalue weighted by Gasteiger charge is 2.29. The predicted molar refractivity (Wildman–Crippen MR) is 66.2 cm³/mol. The van der Waals surface area contributed by atoms with Crippen LogP contribution in [0.4, 0.5) is 0 Å². The van der Waals surface area contributed by atoms with Gasteiger partial charge in [0.1, 0.15) is 4.88 Å². The van der Waals surface area contributed by atoms with E-state index in [1.165, 1.54) is 6.07 Å². The normalized spacial score (nSPS) is 17.4. The quantitative estimate of drug-likeness (QED) is 0.914. The van der Waals surface area contributed by atoms with Crippen LogP contribution >= 0.6 is 11.3 Å². The fourth-order valence-corrected chi connectivity index (χ4v) is 5.28. The number of carbonyl (C=O) groups is 1. The van der Waals surface area contributed by atoms with E-state index in [1.54, 1.807) is 6.07 Å². The van der Waals surface area contributed by atoms with Crippen molar-refractivity contribution in [1.29, 1.82) is 0 Å². The lowest BCUT2D eigenvalue weighted by Crippen LogP contribution is -2.19. The molecule has 0 bridgehead atoms. The minimum atomic E-state index is -3.11. The van der Waals surface area contributed by atoms with Gasteiger partial charge in [0.05, 0.1) is 11.0 Å². The molecule has 0 atom stereocenters. The SMILES string of the molecule is O=C(O)c1ccc(CS(=O)(=O)C2CCCC2)s1. The van der Waals surface area contributed by atoms with Gasteiger partial charge in [0.2, 0.25) is 0 Å². The van der Waals surface area contributed by atoms with E-state index in [9.17, 15) is 13.2 Å². The van der Waals surface area contributed by atoms with Gasteiger partial charge in [-0.3, -0.25) is 0 Å². The van der Waals surface area contributed by atoms with Crippen molar-refractivity contribution in [2.24, 2.45) is 0 Å². The summed E-state index contributed by atoms with van der Waals surface area (Å²) < 4.78 is 24.1. The van der Waals surface area contributed by atoms with Crippen molar-refractivity contribution in [3.63, 3.8) is 0 Å². The van der Waals surface area contributed by atoms with Crippen molar-refractivity contribution >= 4 is 27.1 Å². The van der Waals surface area contributed by atoms with Crippen LogP contribution in [0.1, 0.15) is 40.2 Å². The lowest BCUT2D eigenvalue weighted by Gasteiger charge is -2.09. The van der Waals surface area contributed by atoms with Crippen molar-refractivity contribution < 1.29 is 18.3 Å². The molecular formula is C11H14O4S2. The van der Waals surface area contributed by atoms with Gasteiger partial charge in [-0.25, -0.2) is 13.2 Å². The van der Waals surface area contributed by atoms with E-state index in [1.807, 2.05) is 0 Å². The van der Waals surface area contributed by atoms with Crippen LogP contribution in [0.25, 0.3) is 0 Å². The average Bonchev–Trinajstić information content (AvgIpc) is 2.85. The minimum absolute atomic E-state index is 0.0182. The largest absolute Gasteiger partial charge is 0.477 e. The summed E-state index contributed by atoms with van der Waals surface area (Å²) in [6.45, 7) is 0. The summed E-state index contributed by atoms with van der Waals surface area (Å²) in [6.07, 6.45) is 3.46. The Kier molecular flexibility index (Phi) is 3.53. The second-order valence-corrected chi connectivity index (χ2v) is 7.73. The molecule has 6 heteroatoms. The maximum atomic E-state index is 12.0. The van der Waals surface area contributed by atoms with Gasteiger partial charge in [0.25, 0.3) is 0 Å². The first-order valence-corrected chi connectivity index (χ1v) is 8.06. The van der Waals surface area contributed by atoms with Crippen molar-refractivity contribution in [1.82, 2.24) is 0 Å². The number of thiophene rings is 1. The number of hydrogen-bond acceptors (Lipinski definition) is 4. The van der Waals surface area contributed by atoms with Gasteiger partial charge in [-0.1, -0.05) is 12.8 Å². The number of carboxylic acid groups (broad SMARTS) is 1. The van der Waals surface area contributed by atoms with Gasteiger partial charge < -0.3 is 5.11 Å². The molecule has 0 amide bonds. The van der Waals surface area contributed by atoms with Gasteiger partial charge in [0.15, 0.2) is 9.84 Å². The van der Waals surface area contributed by atoms with Crippen LogP contribution in [-0.4, -0.2) is 24.7 Å². The first-order chi connectivity index (χ1) is 7.99. The molecule has 1 aromatic rings. The van der Waals surface area contributed by atoms with E-state index in [2.05, 4.69) is 0 Å². The highest BCUT2D eigenvalue weighted by atomic mass is 32.2. The summed E-state index contributed by atoms with van der Waals surface area (Å²) >= 11 is 1.05. The first-order valence-electron chi connectivity index (χ1n) is 5.52. The Morgan fingerprint density at radius 1 is 1.35 bits per heavy atom. The summed E-state index contributed by atoms with van der Waals surface area (Å²) in [4.78, 5) is 11.5. The van der Waals surface area contributed by atoms with Crippen LogP contribution in [-0.2, 0) is 15.6 Å². The summed E-state index contributed by atoms with van der Waals surface area (Å²) in [5.74, 6) is -1.02. The molecule has 0 saturated heterocycles. The molecular weight excluding hydrogens is 260 g/mol. The van der Waals surface area contributed by atoms with Gasteiger partial charge in [0, 0.05) is 4.88 Å². The van der Waals surface area contributed by atoms with Crippen LogP contribution in [0.5, 0.6) is 0 Å². The van der Waals surface area contributed by atoms with Gasteiger partial charge in [-0.05, 0) is 25.0 Å². The predicted octanol–water partition coefficient (Wildman–Crippen LogP) is 2.30. The van der Waals surface area contributed by atoms with Crippen molar-refractivity contribution in [3.05, 3.63) is 21.9 Å². The standard InChI is InChI=1S/C11H14O4S2/c12-11(13)10-6-5-8(16-10)7-17(14,15)9-3-1-2-4-9/h5-6,9H,1-4,7H2,(H,12,13). The first kappa shape index (κ1) is 12.6. The van der Waals surface area contributed by atoms with Crippen LogP contribution in [0.2, 0.25) is 0 Å². The molecule has 1 N–H and O–H groups in total. The fourth-order valence-electron chi connectivity index (χ4n) is 2.13. The summed E-state index contributed by atoms with van der Waals surface area (Å²) in [7, 11) is -3.11. The summed E-state index contributed by atoms with van der Waals surface area (Å²) in [6, 6.07) is 3.06. The zero-order valence-electron chi connectivity index (χ0n) is 9.26. The molecule has 0 aliphatic heterocycles. The Labute approximate surface area is 104 Å². The maximum Gasteiger partial charge on any atom is 0.345 e. The van der Waals surface area contributed by atoms with Gasteiger partial charge >= 0.3 is 5.97 Å². The Morgan fingerprint density at radius 2 is 2.00 bits per heavy atom. The molecule has 94 valence electrons. The molecule has 2 rings (SSSR count). The summed E-state index contributed by atoms with van der Waals surface area (Å²) in [5, 5.41) is 8.54. The highest BCUT2D eigenvalue weighted by molar-refractivity contribution is 7.91. The summed E-state index contributed by atoms with van der Waals surface area (Å²) in [5.41, 5.74) is 0. The van der Waals surface area contributed by atoms with Gasteiger partial charge in [-0.2, -0.15) is 0 Å². The molecule has 1 heterocycles. The van der Waals surface area contributed by atoms with E-state index in [0.29, 0.717) is 4.88 Å². The third-order valence-electron chi connectivity index (χ3n) is 3.03. The van der Waals surface area contributed by atoms with Crippen LogP contribution in [0, 0.1) is 0 Å². The third-order valence-corrected chi connectivity index (χ3v) is 6.48. The molecule has 1 aromatic heterocycles. The Bertz CT molecular complexity index is 509. The van der Waals surface area contributed by atoms with E-state index < -0.39 is 15.8 Å². The highest BCUT2D eigenvalue weighted by Crippen LogP contribution is 2.28. The van der Waals surface area contributed by atoms with Crippen molar-refractivity contribution in [3.8, 4) is 0 Å². The molecule has 0 aromatic carbocycles. The molecule has 4 nitrogen and oxygen atoms in total. The van der Waals surface area contributed by atoms with Crippen LogP contribution in [0.15, 0.2) is 12.1 Å². The zero-order valence-corrected chi connectivity index (χ0v) is 10.9. The molecule has 1 aliphatic rings. The second-order valence-electron chi connectivity index (χ2n) is 4.28. The van der Waals surface area contributed by atoms with Crippen LogP contribution in [0.3, 0.4) is 0 Å². The smallest absolute Gasteiger partial charge is 0.345 e. The van der Waals surface area contributed by atoms with Crippen molar-refractivity contribution in [2.45, 2.75) is 36.7 Å². The monoisotopic (exact) mass is 274 g/mol. The van der Waals surface area contributed by atoms with E-state index >= 15 is 0 Å². The van der Waals surface area contributed by atoms with E-state index in [4.69, 9.17) is 5.11 Å². The number of rotatable bonds is 4. The molecule has 0 radical (unpaired) electrons. The van der Waals surface area contributed by atoms with Crippen molar-refractivity contribution in [2.75, 3.05) is 0 Å². The van der Waals surface area contributed by atoms with Crippen LogP contribution < -0.4 is 0 Å². The lowest BCUT2D eigenvalue weighted by atomic mass is 10.4. The fraction of sp³-hybridized carbons (Fsp3) is 0.545. The Hall–Kier alpha value is -0.880. The molecule has 17 heavy (non-hydrogen) atoms. The molecule has 1 fully saturated rings. The Morgan fingerprint density at radius 3 is 2.53 bits per heavy atom. The number of aromatic carboxylic acids is 1. The molecule has 1 saturated carbocycles. The number of carboxylic acids is 1. The molecule has 0 unspecified atom stereocenters. The third kappa shape index (κ3) is 2.87. The average molecular weight is 274 g/mol.